The molecule has 17 heavy (non-hydrogen) atoms. The Hall–Kier alpha value is -1.37. The molecule has 0 radical (unpaired) electrons. The molecule has 92 valence electrons. The Bertz CT molecular complexity index is 347. The summed E-state index contributed by atoms with van der Waals surface area (Å²) >= 11 is 0. The van der Waals surface area contributed by atoms with E-state index in [0.29, 0.717) is 0 Å². The highest BCUT2D eigenvalue weighted by atomic mass is 15.1. The number of likely N-dealkylation sites (N-methyl/N-ethyl adjacent to an activating group) is 1. The SMILES string of the molecule is CCN(CC)CCNCc1ccc(C#N)cc1. The molecule has 0 saturated carbocycles. The third kappa shape index (κ3) is 4.99. The maximum atomic E-state index is 8.69. The molecule has 0 aliphatic carbocycles. The highest BCUT2D eigenvalue weighted by molar-refractivity contribution is 5.31. The van der Waals surface area contributed by atoms with Crippen molar-refractivity contribution < 1.29 is 0 Å². The van der Waals surface area contributed by atoms with Crippen LogP contribution in [0.2, 0.25) is 0 Å². The monoisotopic (exact) mass is 231 g/mol. The highest BCUT2D eigenvalue weighted by Gasteiger charge is 1.98. The minimum atomic E-state index is 0.719. The van der Waals surface area contributed by atoms with Crippen molar-refractivity contribution in [2.45, 2.75) is 20.4 Å². The van der Waals surface area contributed by atoms with Gasteiger partial charge in [0.05, 0.1) is 11.6 Å². The minimum Gasteiger partial charge on any atom is -0.311 e. The molecule has 0 fully saturated rings. The molecule has 0 amide bonds. The van der Waals surface area contributed by atoms with Crippen LogP contribution in [-0.2, 0) is 6.54 Å². The number of nitriles is 1. The van der Waals surface area contributed by atoms with Crippen molar-refractivity contribution in [2.24, 2.45) is 0 Å². The Kier molecular flexibility index (Phi) is 6.31. The maximum absolute atomic E-state index is 8.69. The van der Waals surface area contributed by atoms with E-state index in [1.807, 2.05) is 24.3 Å². The first-order valence-corrected chi connectivity index (χ1v) is 6.22. The van der Waals surface area contributed by atoms with Crippen LogP contribution in [0.1, 0.15) is 25.0 Å². The lowest BCUT2D eigenvalue weighted by Gasteiger charge is -2.17. The predicted molar refractivity (Wildman–Crippen MR) is 70.7 cm³/mol. The number of hydrogen-bond donors (Lipinski definition) is 1. The maximum Gasteiger partial charge on any atom is 0.0991 e. The standard InChI is InChI=1S/C14H21N3/c1-3-17(4-2)10-9-16-12-14-7-5-13(11-15)6-8-14/h5-8,16H,3-4,9-10,12H2,1-2H3. The molecule has 0 atom stereocenters. The van der Waals surface area contributed by atoms with Crippen molar-refractivity contribution in [3.63, 3.8) is 0 Å². The van der Waals surface area contributed by atoms with Gasteiger partial charge in [0.1, 0.15) is 0 Å². The third-order valence-corrected chi connectivity index (χ3v) is 2.91. The van der Waals surface area contributed by atoms with Gasteiger partial charge < -0.3 is 10.2 Å². The van der Waals surface area contributed by atoms with Crippen LogP contribution < -0.4 is 5.32 Å². The van der Waals surface area contributed by atoms with Gasteiger partial charge in [-0.2, -0.15) is 5.26 Å². The van der Waals surface area contributed by atoms with E-state index in [2.05, 4.69) is 30.1 Å². The van der Waals surface area contributed by atoms with Gasteiger partial charge in [-0.1, -0.05) is 26.0 Å². The summed E-state index contributed by atoms with van der Waals surface area (Å²) in [4.78, 5) is 2.39. The van der Waals surface area contributed by atoms with Gasteiger partial charge in [-0.3, -0.25) is 0 Å². The van der Waals surface area contributed by atoms with Gasteiger partial charge in [0.25, 0.3) is 0 Å². The van der Waals surface area contributed by atoms with Crippen LogP contribution in [0.4, 0.5) is 0 Å². The molecule has 1 aromatic rings. The van der Waals surface area contributed by atoms with E-state index in [-0.39, 0.29) is 0 Å². The summed E-state index contributed by atoms with van der Waals surface area (Å²) < 4.78 is 0. The van der Waals surface area contributed by atoms with Gasteiger partial charge in [0.15, 0.2) is 0 Å². The van der Waals surface area contributed by atoms with Crippen LogP contribution in [0.25, 0.3) is 0 Å². The average Bonchev–Trinajstić information content (AvgIpc) is 2.40. The van der Waals surface area contributed by atoms with Crippen molar-refractivity contribution in [3.05, 3.63) is 35.4 Å². The lowest BCUT2D eigenvalue weighted by Crippen LogP contribution is -2.31. The summed E-state index contributed by atoms with van der Waals surface area (Å²) in [5, 5.41) is 12.1. The summed E-state index contributed by atoms with van der Waals surface area (Å²) in [7, 11) is 0. The molecule has 0 bridgehead atoms. The van der Waals surface area contributed by atoms with Gasteiger partial charge in [-0.25, -0.2) is 0 Å². The molecular formula is C14H21N3. The van der Waals surface area contributed by atoms with E-state index in [4.69, 9.17) is 5.26 Å². The Morgan fingerprint density at radius 1 is 1.18 bits per heavy atom. The molecule has 0 heterocycles. The molecule has 3 nitrogen and oxygen atoms in total. The second-order valence-corrected chi connectivity index (χ2v) is 4.01. The van der Waals surface area contributed by atoms with Gasteiger partial charge in [0, 0.05) is 19.6 Å². The Labute approximate surface area is 104 Å². The molecule has 0 aromatic heterocycles. The van der Waals surface area contributed by atoms with E-state index in [1.165, 1.54) is 5.56 Å². The fourth-order valence-electron chi connectivity index (χ4n) is 1.71. The lowest BCUT2D eigenvalue weighted by atomic mass is 10.1. The minimum absolute atomic E-state index is 0.719. The predicted octanol–water partition coefficient (Wildman–Crippen LogP) is 1.99. The third-order valence-electron chi connectivity index (χ3n) is 2.91. The van der Waals surface area contributed by atoms with Gasteiger partial charge in [-0.05, 0) is 30.8 Å². The van der Waals surface area contributed by atoms with Crippen LogP contribution >= 0.6 is 0 Å². The van der Waals surface area contributed by atoms with E-state index >= 15 is 0 Å². The van der Waals surface area contributed by atoms with E-state index < -0.39 is 0 Å². The zero-order valence-corrected chi connectivity index (χ0v) is 10.7. The van der Waals surface area contributed by atoms with Gasteiger partial charge in [-0.15, -0.1) is 0 Å². The molecule has 0 aliphatic heterocycles. The molecule has 0 spiro atoms. The summed E-state index contributed by atoms with van der Waals surface area (Å²) in [6, 6.07) is 9.86. The molecule has 1 aromatic carbocycles. The van der Waals surface area contributed by atoms with Crippen molar-refractivity contribution in [1.82, 2.24) is 10.2 Å². The Morgan fingerprint density at radius 3 is 2.35 bits per heavy atom. The van der Waals surface area contributed by atoms with Crippen molar-refractivity contribution >= 4 is 0 Å². The smallest absolute Gasteiger partial charge is 0.0991 e. The zero-order valence-electron chi connectivity index (χ0n) is 10.7. The topological polar surface area (TPSA) is 39.1 Å². The summed E-state index contributed by atoms with van der Waals surface area (Å²) in [6.07, 6.45) is 0. The average molecular weight is 231 g/mol. The zero-order chi connectivity index (χ0) is 12.5. The molecule has 1 N–H and O–H groups in total. The molecule has 0 aliphatic rings. The van der Waals surface area contributed by atoms with Crippen LogP contribution in [-0.4, -0.2) is 31.1 Å². The van der Waals surface area contributed by atoms with Crippen LogP contribution in [0.3, 0.4) is 0 Å². The number of nitrogens with zero attached hydrogens (tertiary/aromatic N) is 2. The Balaban J connectivity index is 2.24. The molecular weight excluding hydrogens is 210 g/mol. The van der Waals surface area contributed by atoms with Crippen molar-refractivity contribution in [3.8, 4) is 6.07 Å². The number of benzene rings is 1. The molecule has 1 rings (SSSR count). The lowest BCUT2D eigenvalue weighted by molar-refractivity contribution is 0.302. The van der Waals surface area contributed by atoms with Crippen LogP contribution in [0.15, 0.2) is 24.3 Å². The fraction of sp³-hybridized carbons (Fsp3) is 0.500. The van der Waals surface area contributed by atoms with Crippen LogP contribution in [0, 0.1) is 11.3 Å². The first-order valence-electron chi connectivity index (χ1n) is 6.22. The number of rotatable bonds is 7. The van der Waals surface area contributed by atoms with Crippen molar-refractivity contribution in [2.75, 3.05) is 26.2 Å². The van der Waals surface area contributed by atoms with E-state index in [0.717, 1.165) is 38.3 Å². The molecule has 3 heteroatoms. The summed E-state index contributed by atoms with van der Waals surface area (Å²) in [6.45, 7) is 9.54. The van der Waals surface area contributed by atoms with E-state index in [1.54, 1.807) is 0 Å². The first-order chi connectivity index (χ1) is 8.30. The second-order valence-electron chi connectivity index (χ2n) is 4.01. The first kappa shape index (κ1) is 13.7. The van der Waals surface area contributed by atoms with Gasteiger partial charge in [0.2, 0.25) is 0 Å². The van der Waals surface area contributed by atoms with E-state index in [9.17, 15) is 0 Å². The summed E-state index contributed by atoms with van der Waals surface area (Å²) in [5.74, 6) is 0. The van der Waals surface area contributed by atoms with Crippen molar-refractivity contribution in [1.29, 1.82) is 5.26 Å². The Morgan fingerprint density at radius 2 is 1.82 bits per heavy atom. The summed E-state index contributed by atoms with van der Waals surface area (Å²) in [5.41, 5.74) is 1.94. The molecule has 0 saturated heterocycles. The number of hydrogen-bond acceptors (Lipinski definition) is 3. The largest absolute Gasteiger partial charge is 0.311 e. The normalized spacial score (nSPS) is 10.5. The highest BCUT2D eigenvalue weighted by Crippen LogP contribution is 2.02. The molecule has 0 unspecified atom stereocenters. The quantitative estimate of drug-likeness (QED) is 0.729. The van der Waals surface area contributed by atoms with Crippen LogP contribution in [0.5, 0.6) is 0 Å². The fourth-order valence-corrected chi connectivity index (χ4v) is 1.71. The number of nitrogens with one attached hydrogen (secondary N) is 1. The second kappa shape index (κ2) is 7.83. The van der Waals surface area contributed by atoms with Gasteiger partial charge >= 0.3 is 0 Å².